The van der Waals surface area contributed by atoms with Crippen LogP contribution < -0.4 is 5.19 Å². The van der Waals surface area contributed by atoms with Crippen molar-refractivity contribution in [2.75, 3.05) is 0 Å². The molecule has 0 aromatic heterocycles. The van der Waals surface area contributed by atoms with Crippen LogP contribution in [0.4, 0.5) is 0 Å². The van der Waals surface area contributed by atoms with Crippen molar-refractivity contribution in [3.63, 3.8) is 0 Å². The van der Waals surface area contributed by atoms with Crippen LogP contribution in [0.2, 0.25) is 13.1 Å². The van der Waals surface area contributed by atoms with E-state index in [0.29, 0.717) is 6.42 Å². The monoisotopic (exact) mass is 283 g/mol. The summed E-state index contributed by atoms with van der Waals surface area (Å²) in [4.78, 5) is 0. The maximum Gasteiger partial charge on any atom is 0.186 e. The van der Waals surface area contributed by atoms with Crippen molar-refractivity contribution in [1.29, 1.82) is 0 Å². The van der Waals surface area contributed by atoms with Crippen LogP contribution in [0.25, 0.3) is 0 Å². The average Bonchev–Trinajstić information content (AvgIpc) is 2.29. The first kappa shape index (κ1) is 12.7. The van der Waals surface area contributed by atoms with Gasteiger partial charge in [-0.2, -0.15) is 0 Å². The highest BCUT2D eigenvalue weighted by Gasteiger charge is 2.30. The molecule has 1 aromatic carbocycles. The van der Waals surface area contributed by atoms with Gasteiger partial charge >= 0.3 is 0 Å². The van der Waals surface area contributed by atoms with E-state index in [4.69, 9.17) is 23.2 Å². The highest BCUT2D eigenvalue weighted by atomic mass is 35.5. The minimum atomic E-state index is -1.75. The van der Waals surface area contributed by atoms with Crippen LogP contribution in [-0.2, 0) is 0 Å². The first-order valence-electron chi connectivity index (χ1n) is 5.56. The molecular weight excluding hydrogens is 269 g/mol. The van der Waals surface area contributed by atoms with Crippen molar-refractivity contribution in [3.05, 3.63) is 52.8 Å². The van der Waals surface area contributed by atoms with Gasteiger partial charge in [0.1, 0.15) is 0 Å². The van der Waals surface area contributed by atoms with Crippen LogP contribution in [0.1, 0.15) is 6.42 Å². The fourth-order valence-electron chi connectivity index (χ4n) is 1.91. The van der Waals surface area contributed by atoms with Crippen molar-refractivity contribution >= 4 is 36.6 Å². The van der Waals surface area contributed by atoms with E-state index in [0.717, 1.165) is 10.1 Å². The predicted molar refractivity (Wildman–Crippen MR) is 77.9 cm³/mol. The topological polar surface area (TPSA) is 3.24 Å². The van der Waals surface area contributed by atoms with E-state index < -0.39 is 8.24 Å². The van der Waals surface area contributed by atoms with Gasteiger partial charge in [0.15, 0.2) is 8.24 Å². The molecule has 1 aliphatic heterocycles. The summed E-state index contributed by atoms with van der Waals surface area (Å²) >= 11 is 12.2. The van der Waals surface area contributed by atoms with Crippen LogP contribution >= 0.6 is 23.2 Å². The lowest BCUT2D eigenvalue weighted by Crippen LogP contribution is -2.53. The van der Waals surface area contributed by atoms with Gasteiger partial charge in [0, 0.05) is 28.9 Å². The molecule has 0 fully saturated rings. The lowest BCUT2D eigenvalue weighted by atomic mass is 10.3. The number of rotatable bonds is 2. The Bertz CT molecular complexity index is 448. The average molecular weight is 284 g/mol. The van der Waals surface area contributed by atoms with Gasteiger partial charge in [0.05, 0.1) is 0 Å². The summed E-state index contributed by atoms with van der Waals surface area (Å²) in [5.41, 5.74) is 0. The second-order valence-electron chi connectivity index (χ2n) is 4.66. The van der Waals surface area contributed by atoms with Gasteiger partial charge in [-0.3, -0.25) is 0 Å². The Hall–Kier alpha value is -0.703. The van der Waals surface area contributed by atoms with Crippen LogP contribution in [0.3, 0.4) is 0 Å². The summed E-state index contributed by atoms with van der Waals surface area (Å²) in [6.45, 7) is 4.57. The van der Waals surface area contributed by atoms with E-state index in [1.807, 2.05) is 18.5 Å². The predicted octanol–water partition coefficient (Wildman–Crippen LogP) is 3.96. The third kappa shape index (κ3) is 2.76. The maximum absolute atomic E-state index is 6.12. The standard InChI is InChI=1S/C13H15Cl2NSi/c1-17(2,13-6-4-3-5-7-13)16-9-11(14)8-12(15)10-16/h3-7,9-10H,8H2,1-2H3. The molecule has 2 rings (SSSR count). The molecule has 1 aromatic rings. The Morgan fingerprint density at radius 2 is 1.53 bits per heavy atom. The van der Waals surface area contributed by atoms with E-state index in [1.54, 1.807) is 0 Å². The number of benzene rings is 1. The largest absolute Gasteiger partial charge is 0.374 e. The highest BCUT2D eigenvalue weighted by Crippen LogP contribution is 2.27. The quantitative estimate of drug-likeness (QED) is 0.743. The van der Waals surface area contributed by atoms with Crippen LogP contribution in [0.5, 0.6) is 0 Å². The minimum Gasteiger partial charge on any atom is -0.374 e. The number of hydrogen-bond donors (Lipinski definition) is 0. The van der Waals surface area contributed by atoms with Gasteiger partial charge in [-0.05, 0) is 18.3 Å². The number of allylic oxidation sites excluding steroid dienone is 2. The number of halogens is 2. The molecule has 0 saturated carbocycles. The van der Waals surface area contributed by atoms with Gasteiger partial charge in [-0.15, -0.1) is 0 Å². The number of nitrogens with zero attached hydrogens (tertiary/aromatic N) is 1. The van der Waals surface area contributed by atoms with Crippen molar-refractivity contribution in [1.82, 2.24) is 4.57 Å². The zero-order valence-electron chi connectivity index (χ0n) is 9.95. The number of hydrogen-bond acceptors (Lipinski definition) is 1. The van der Waals surface area contributed by atoms with Gasteiger partial charge in [-0.25, -0.2) is 0 Å². The molecule has 90 valence electrons. The smallest absolute Gasteiger partial charge is 0.186 e. The Kier molecular flexibility index (Phi) is 3.66. The maximum atomic E-state index is 6.12. The van der Waals surface area contributed by atoms with Crippen molar-refractivity contribution < 1.29 is 0 Å². The second kappa shape index (κ2) is 4.89. The van der Waals surface area contributed by atoms with E-state index in [9.17, 15) is 0 Å². The summed E-state index contributed by atoms with van der Waals surface area (Å²) in [6, 6.07) is 10.5. The first-order chi connectivity index (χ1) is 8.00. The third-order valence-electron chi connectivity index (χ3n) is 3.02. The molecule has 0 bridgehead atoms. The molecule has 1 heterocycles. The van der Waals surface area contributed by atoms with E-state index in [1.165, 1.54) is 5.19 Å². The lowest BCUT2D eigenvalue weighted by Gasteiger charge is -2.36. The summed E-state index contributed by atoms with van der Waals surface area (Å²) in [6.07, 6.45) is 4.66. The Labute approximate surface area is 113 Å². The molecule has 0 radical (unpaired) electrons. The summed E-state index contributed by atoms with van der Waals surface area (Å²) in [7, 11) is -1.75. The van der Waals surface area contributed by atoms with Gasteiger partial charge in [0.25, 0.3) is 0 Å². The molecule has 0 atom stereocenters. The fraction of sp³-hybridized carbons (Fsp3) is 0.231. The fourth-order valence-corrected chi connectivity index (χ4v) is 4.90. The molecule has 0 N–H and O–H groups in total. The zero-order valence-corrected chi connectivity index (χ0v) is 12.5. The summed E-state index contributed by atoms with van der Waals surface area (Å²) < 4.78 is 2.20. The van der Waals surface area contributed by atoms with Crippen LogP contribution in [0, 0.1) is 0 Å². The molecule has 0 spiro atoms. The molecule has 0 unspecified atom stereocenters. The van der Waals surface area contributed by atoms with E-state index in [2.05, 4.69) is 41.9 Å². The minimum absolute atomic E-state index is 0.652. The molecule has 0 amide bonds. The Balaban J connectivity index is 2.36. The van der Waals surface area contributed by atoms with Gasteiger partial charge < -0.3 is 4.57 Å². The summed E-state index contributed by atoms with van der Waals surface area (Å²) in [5, 5.41) is 2.96. The third-order valence-corrected chi connectivity index (χ3v) is 6.78. The SMILES string of the molecule is C[Si](C)(c1ccccc1)N1C=C(Cl)CC(Cl)=C1. The van der Waals surface area contributed by atoms with Crippen molar-refractivity contribution in [3.8, 4) is 0 Å². The molecule has 1 aliphatic rings. The molecule has 17 heavy (non-hydrogen) atoms. The molecule has 0 aliphatic carbocycles. The Morgan fingerprint density at radius 1 is 1.00 bits per heavy atom. The molecule has 0 saturated heterocycles. The van der Waals surface area contributed by atoms with Crippen molar-refractivity contribution in [2.24, 2.45) is 0 Å². The first-order valence-corrected chi connectivity index (χ1v) is 9.27. The van der Waals surface area contributed by atoms with Crippen LogP contribution in [-0.4, -0.2) is 12.8 Å². The molecular formula is C13H15Cl2NSi. The lowest BCUT2D eigenvalue weighted by molar-refractivity contribution is 0.740. The van der Waals surface area contributed by atoms with E-state index in [-0.39, 0.29) is 0 Å². The van der Waals surface area contributed by atoms with Gasteiger partial charge in [0.2, 0.25) is 0 Å². The highest BCUT2D eigenvalue weighted by molar-refractivity contribution is 6.87. The van der Waals surface area contributed by atoms with Gasteiger partial charge in [-0.1, -0.05) is 53.5 Å². The van der Waals surface area contributed by atoms with Crippen LogP contribution in [0.15, 0.2) is 52.8 Å². The molecule has 4 heteroatoms. The van der Waals surface area contributed by atoms with E-state index >= 15 is 0 Å². The molecule has 1 nitrogen and oxygen atoms in total. The Morgan fingerprint density at radius 3 is 2.06 bits per heavy atom. The zero-order chi connectivity index (χ0) is 12.5. The normalized spacial score (nSPS) is 16.6. The summed E-state index contributed by atoms with van der Waals surface area (Å²) in [5.74, 6) is 0. The second-order valence-corrected chi connectivity index (χ2v) is 9.84. The van der Waals surface area contributed by atoms with Crippen molar-refractivity contribution in [2.45, 2.75) is 19.5 Å².